The van der Waals surface area contributed by atoms with Crippen LogP contribution in [-0.4, -0.2) is 21.8 Å². The summed E-state index contributed by atoms with van der Waals surface area (Å²) in [5.74, 6) is 0. The van der Waals surface area contributed by atoms with E-state index in [1.54, 1.807) is 11.8 Å². The average molecular weight is 474 g/mol. The fourth-order valence-electron chi connectivity index (χ4n) is 4.38. The standard InChI is InChI=1S/C27H24ClN3OS/c1-18-9-14-23(22(28)16-18)29-27(32)31-17-20-6-3-4-7-24(20)30-15-5-8-25(30)26(31)19-10-12-21(33-2)13-11-19/h3-16,26H,17H2,1-2H3,(H,29,32)/t26-/m1/s1. The smallest absolute Gasteiger partial charge is 0.318 e. The zero-order valence-corrected chi connectivity index (χ0v) is 20.0. The number of urea groups is 1. The first kappa shape index (κ1) is 21.7. The van der Waals surface area contributed by atoms with Crippen molar-refractivity contribution in [1.82, 2.24) is 9.47 Å². The van der Waals surface area contributed by atoms with Crippen LogP contribution < -0.4 is 5.32 Å². The van der Waals surface area contributed by atoms with E-state index < -0.39 is 0 Å². The molecular formula is C27H24ClN3OS. The summed E-state index contributed by atoms with van der Waals surface area (Å²) in [6, 6.07) is 26.0. The summed E-state index contributed by atoms with van der Waals surface area (Å²) in [7, 11) is 0. The van der Waals surface area contributed by atoms with Crippen LogP contribution in [0, 0.1) is 6.92 Å². The van der Waals surface area contributed by atoms with Crippen LogP contribution in [-0.2, 0) is 6.54 Å². The van der Waals surface area contributed by atoms with Gasteiger partial charge in [-0.3, -0.25) is 0 Å². The molecule has 2 amide bonds. The molecule has 166 valence electrons. The Kier molecular flexibility index (Phi) is 5.92. The predicted molar refractivity (Wildman–Crippen MR) is 137 cm³/mol. The number of nitrogens with one attached hydrogen (secondary N) is 1. The highest BCUT2D eigenvalue weighted by Gasteiger charge is 2.33. The number of carbonyl (C=O) groups is 1. The van der Waals surface area contributed by atoms with Crippen molar-refractivity contribution in [3.63, 3.8) is 0 Å². The van der Waals surface area contributed by atoms with E-state index in [1.165, 1.54) is 4.90 Å². The third-order valence-corrected chi connectivity index (χ3v) is 7.08. The van der Waals surface area contributed by atoms with Gasteiger partial charge in [-0.1, -0.05) is 48.0 Å². The van der Waals surface area contributed by atoms with Crippen molar-refractivity contribution in [2.75, 3.05) is 11.6 Å². The van der Waals surface area contributed by atoms with Gasteiger partial charge in [0.2, 0.25) is 0 Å². The van der Waals surface area contributed by atoms with Crippen molar-refractivity contribution < 1.29 is 4.79 Å². The molecule has 2 heterocycles. The fraction of sp³-hybridized carbons (Fsp3) is 0.148. The van der Waals surface area contributed by atoms with Crippen molar-refractivity contribution in [3.8, 4) is 5.69 Å². The number of carbonyl (C=O) groups excluding carboxylic acids is 1. The zero-order valence-electron chi connectivity index (χ0n) is 18.5. The van der Waals surface area contributed by atoms with E-state index in [1.807, 2.05) is 48.2 Å². The molecule has 0 unspecified atom stereocenters. The highest BCUT2D eigenvalue weighted by atomic mass is 35.5. The van der Waals surface area contributed by atoms with Crippen LogP contribution >= 0.6 is 23.4 Å². The number of anilines is 1. The van der Waals surface area contributed by atoms with Crippen LogP contribution in [0.15, 0.2) is 90.0 Å². The van der Waals surface area contributed by atoms with Gasteiger partial charge in [-0.2, -0.15) is 0 Å². The van der Waals surface area contributed by atoms with Crippen LogP contribution in [0.3, 0.4) is 0 Å². The maximum absolute atomic E-state index is 13.7. The number of thioether (sulfide) groups is 1. The van der Waals surface area contributed by atoms with E-state index in [-0.39, 0.29) is 12.1 Å². The van der Waals surface area contributed by atoms with E-state index >= 15 is 0 Å². The zero-order chi connectivity index (χ0) is 22.9. The van der Waals surface area contributed by atoms with Crippen molar-refractivity contribution in [2.24, 2.45) is 0 Å². The van der Waals surface area contributed by atoms with Gasteiger partial charge < -0.3 is 14.8 Å². The molecule has 3 aromatic carbocycles. The lowest BCUT2D eigenvalue weighted by Gasteiger charge is -2.31. The maximum atomic E-state index is 13.7. The number of aryl methyl sites for hydroxylation is 1. The van der Waals surface area contributed by atoms with Crippen molar-refractivity contribution >= 4 is 35.1 Å². The Morgan fingerprint density at radius 2 is 1.82 bits per heavy atom. The minimum Gasteiger partial charge on any atom is -0.318 e. The Morgan fingerprint density at radius 3 is 2.58 bits per heavy atom. The molecule has 0 saturated heterocycles. The molecule has 6 heteroatoms. The summed E-state index contributed by atoms with van der Waals surface area (Å²) in [4.78, 5) is 16.8. The van der Waals surface area contributed by atoms with Gasteiger partial charge in [-0.05, 0) is 72.3 Å². The normalized spacial score (nSPS) is 14.9. The largest absolute Gasteiger partial charge is 0.323 e. The monoisotopic (exact) mass is 473 g/mol. The van der Waals surface area contributed by atoms with Crippen LogP contribution in [0.5, 0.6) is 0 Å². The third-order valence-electron chi connectivity index (χ3n) is 6.02. The number of aromatic nitrogens is 1. The first-order chi connectivity index (χ1) is 16.0. The minimum atomic E-state index is -0.257. The Hall–Kier alpha value is -3.15. The number of halogens is 1. The Labute approximate surface area is 203 Å². The lowest BCUT2D eigenvalue weighted by molar-refractivity contribution is 0.194. The lowest BCUT2D eigenvalue weighted by Crippen LogP contribution is -2.38. The van der Waals surface area contributed by atoms with Gasteiger partial charge in [0.1, 0.15) is 0 Å². The molecular weight excluding hydrogens is 450 g/mol. The number of hydrogen-bond donors (Lipinski definition) is 1. The summed E-state index contributed by atoms with van der Waals surface area (Å²) in [5.41, 5.74) is 5.94. The van der Waals surface area contributed by atoms with Crippen LogP contribution in [0.1, 0.15) is 28.4 Å². The summed E-state index contributed by atoms with van der Waals surface area (Å²) in [5, 5.41) is 3.58. The van der Waals surface area contributed by atoms with Gasteiger partial charge in [0.25, 0.3) is 0 Å². The van der Waals surface area contributed by atoms with Gasteiger partial charge in [0, 0.05) is 16.8 Å². The molecule has 1 aliphatic heterocycles. The Balaban J connectivity index is 1.62. The molecule has 0 bridgehead atoms. The fourth-order valence-corrected chi connectivity index (χ4v) is 5.08. The maximum Gasteiger partial charge on any atom is 0.323 e. The Bertz CT molecular complexity index is 1320. The number of amides is 2. The molecule has 4 nitrogen and oxygen atoms in total. The second kappa shape index (κ2) is 9.00. The molecule has 5 rings (SSSR count). The summed E-state index contributed by atoms with van der Waals surface area (Å²) in [6.07, 6.45) is 4.13. The number of benzene rings is 3. The number of hydrogen-bond acceptors (Lipinski definition) is 2. The SMILES string of the molecule is CSc1ccc([C@@H]2c3cccn3-c3ccccc3CN2C(=O)Nc2ccc(C)cc2Cl)cc1. The summed E-state index contributed by atoms with van der Waals surface area (Å²) < 4.78 is 2.19. The van der Waals surface area contributed by atoms with Crippen LogP contribution in [0.4, 0.5) is 10.5 Å². The van der Waals surface area contributed by atoms with E-state index in [0.717, 1.165) is 28.1 Å². The molecule has 0 radical (unpaired) electrons. The first-order valence-electron chi connectivity index (χ1n) is 10.8. The summed E-state index contributed by atoms with van der Waals surface area (Å²) >= 11 is 8.14. The second-order valence-electron chi connectivity index (χ2n) is 8.15. The van der Waals surface area contributed by atoms with E-state index in [4.69, 9.17) is 11.6 Å². The molecule has 0 aliphatic carbocycles. The molecule has 1 N–H and O–H groups in total. The molecule has 33 heavy (non-hydrogen) atoms. The van der Waals surface area contributed by atoms with Gasteiger partial charge in [-0.25, -0.2) is 4.79 Å². The van der Waals surface area contributed by atoms with Crippen molar-refractivity contribution in [2.45, 2.75) is 24.4 Å². The molecule has 0 saturated carbocycles. The van der Waals surface area contributed by atoms with Crippen molar-refractivity contribution in [3.05, 3.63) is 112 Å². The molecule has 1 atom stereocenters. The van der Waals surface area contributed by atoms with Gasteiger partial charge in [0.05, 0.1) is 29.0 Å². The molecule has 1 aromatic heterocycles. The third kappa shape index (κ3) is 4.14. The van der Waals surface area contributed by atoms with E-state index in [2.05, 4.69) is 64.8 Å². The van der Waals surface area contributed by atoms with Crippen LogP contribution in [0.25, 0.3) is 5.69 Å². The lowest BCUT2D eigenvalue weighted by atomic mass is 10.0. The van der Waals surface area contributed by atoms with E-state index in [0.29, 0.717) is 17.3 Å². The number of rotatable bonds is 3. The number of nitrogens with zero attached hydrogens (tertiary/aromatic N) is 2. The van der Waals surface area contributed by atoms with Gasteiger partial charge in [0.15, 0.2) is 0 Å². The molecule has 1 aliphatic rings. The van der Waals surface area contributed by atoms with Crippen molar-refractivity contribution in [1.29, 1.82) is 0 Å². The topological polar surface area (TPSA) is 37.3 Å². The molecule has 0 spiro atoms. The average Bonchev–Trinajstić information content (AvgIpc) is 3.25. The summed E-state index contributed by atoms with van der Waals surface area (Å²) in [6.45, 7) is 2.45. The quantitative estimate of drug-likeness (QED) is 0.317. The second-order valence-corrected chi connectivity index (χ2v) is 9.44. The van der Waals surface area contributed by atoms with E-state index in [9.17, 15) is 4.79 Å². The van der Waals surface area contributed by atoms with Crippen LogP contribution in [0.2, 0.25) is 5.02 Å². The first-order valence-corrected chi connectivity index (χ1v) is 12.4. The highest BCUT2D eigenvalue weighted by molar-refractivity contribution is 7.98. The Morgan fingerprint density at radius 1 is 1.03 bits per heavy atom. The predicted octanol–water partition coefficient (Wildman–Crippen LogP) is 7.30. The minimum absolute atomic E-state index is 0.191. The highest BCUT2D eigenvalue weighted by Crippen LogP contribution is 2.37. The molecule has 4 aromatic rings. The molecule has 0 fully saturated rings. The van der Waals surface area contributed by atoms with Gasteiger partial charge >= 0.3 is 6.03 Å². The number of para-hydroxylation sites is 1. The number of fused-ring (bicyclic) bond motifs is 3. The van der Waals surface area contributed by atoms with Gasteiger partial charge in [-0.15, -0.1) is 11.8 Å².